The van der Waals surface area contributed by atoms with Crippen molar-refractivity contribution < 1.29 is 19.4 Å². The number of amides is 1. The lowest BCUT2D eigenvalue weighted by Gasteiger charge is -2.23. The fourth-order valence-electron chi connectivity index (χ4n) is 4.73. The van der Waals surface area contributed by atoms with Crippen LogP contribution in [0, 0.1) is 0 Å². The van der Waals surface area contributed by atoms with E-state index in [-0.39, 0.29) is 18.9 Å². The Kier molecular flexibility index (Phi) is 10.0. The second-order valence-corrected chi connectivity index (χ2v) is 11.2. The van der Waals surface area contributed by atoms with E-state index in [1.807, 2.05) is 42.5 Å². The molecular formula is C35H35N3O4S. The fraction of sp³-hybridized carbons (Fsp3) is 0.229. The highest BCUT2D eigenvalue weighted by Gasteiger charge is 2.22. The van der Waals surface area contributed by atoms with Gasteiger partial charge in [0.15, 0.2) is 5.13 Å². The lowest BCUT2D eigenvalue weighted by Crippen LogP contribution is -2.26. The number of carbonyl (C=O) groups excluding carboxylic acids is 1. The molecule has 1 aliphatic carbocycles. The van der Waals surface area contributed by atoms with E-state index in [0.29, 0.717) is 18.7 Å². The van der Waals surface area contributed by atoms with Gasteiger partial charge in [0.1, 0.15) is 5.75 Å². The van der Waals surface area contributed by atoms with Crippen LogP contribution in [0.15, 0.2) is 97.1 Å². The predicted octanol–water partition coefficient (Wildman–Crippen LogP) is 7.88. The van der Waals surface area contributed by atoms with Crippen molar-refractivity contribution in [3.63, 3.8) is 0 Å². The third kappa shape index (κ3) is 7.78. The van der Waals surface area contributed by atoms with Gasteiger partial charge in [0.05, 0.1) is 30.1 Å². The van der Waals surface area contributed by atoms with Crippen LogP contribution in [-0.2, 0) is 11.3 Å². The largest absolute Gasteiger partial charge is 0.494 e. The number of benzene rings is 3. The Balaban J connectivity index is 1.50. The highest BCUT2D eigenvalue weighted by Crippen LogP contribution is 2.41. The molecule has 0 atom stereocenters. The van der Waals surface area contributed by atoms with Gasteiger partial charge in [-0.3, -0.25) is 9.59 Å². The molecule has 43 heavy (non-hydrogen) atoms. The van der Waals surface area contributed by atoms with Gasteiger partial charge in [-0.25, -0.2) is 4.98 Å². The first kappa shape index (κ1) is 29.8. The summed E-state index contributed by atoms with van der Waals surface area (Å²) in [5.74, 6) is -0.413. The summed E-state index contributed by atoms with van der Waals surface area (Å²) in [6.07, 6.45) is 9.54. The fourth-order valence-corrected chi connectivity index (χ4v) is 5.86. The molecule has 0 saturated heterocycles. The summed E-state index contributed by atoms with van der Waals surface area (Å²) >= 11 is 1.66. The van der Waals surface area contributed by atoms with Crippen molar-refractivity contribution in [1.29, 1.82) is 0 Å². The van der Waals surface area contributed by atoms with Gasteiger partial charge in [0.25, 0.3) is 5.91 Å². The minimum absolute atomic E-state index is 0.0778. The van der Waals surface area contributed by atoms with Gasteiger partial charge in [-0.05, 0) is 66.8 Å². The molecule has 1 amide bonds. The van der Waals surface area contributed by atoms with Crippen molar-refractivity contribution in [3.8, 4) is 17.0 Å². The monoisotopic (exact) mass is 593 g/mol. The molecule has 0 bridgehead atoms. The maximum absolute atomic E-state index is 12.6. The standard InChI is InChI=1S/C35H35N3O4S/c1-2-23-42-30-19-13-25(14-20-30)24-38(29-17-15-28(16-18-29)34(41)36-22-21-31(39)40)35-37-32(26-9-5-3-6-10-26)33(43-35)27-11-7-4-8-12-27/h3,5-7,9-20H,2,4,8,21-24H2,1H3,(H,36,41)(H,39,40). The maximum atomic E-state index is 12.6. The predicted molar refractivity (Wildman–Crippen MR) is 173 cm³/mol. The zero-order valence-corrected chi connectivity index (χ0v) is 25.0. The van der Waals surface area contributed by atoms with Crippen LogP contribution in [0.2, 0.25) is 0 Å². The Morgan fingerprint density at radius 3 is 2.44 bits per heavy atom. The van der Waals surface area contributed by atoms with E-state index in [1.54, 1.807) is 23.5 Å². The molecule has 220 valence electrons. The molecule has 5 rings (SSSR count). The highest BCUT2D eigenvalue weighted by atomic mass is 32.1. The quantitative estimate of drug-likeness (QED) is 0.164. The normalized spacial score (nSPS) is 12.4. The van der Waals surface area contributed by atoms with Crippen molar-refractivity contribution in [2.24, 2.45) is 0 Å². The number of carboxylic acid groups (broad SMARTS) is 1. The topological polar surface area (TPSA) is 91.8 Å². The smallest absolute Gasteiger partial charge is 0.305 e. The number of carbonyl (C=O) groups is 2. The second kappa shape index (κ2) is 14.5. The number of aliphatic carboxylic acids is 1. The number of allylic oxidation sites excluding steroid dienone is 4. The van der Waals surface area contributed by atoms with E-state index in [9.17, 15) is 9.59 Å². The van der Waals surface area contributed by atoms with Gasteiger partial charge < -0.3 is 20.1 Å². The van der Waals surface area contributed by atoms with E-state index >= 15 is 0 Å². The van der Waals surface area contributed by atoms with E-state index in [1.165, 1.54) is 5.57 Å². The van der Waals surface area contributed by atoms with Crippen LogP contribution in [0.4, 0.5) is 10.8 Å². The molecule has 1 aromatic heterocycles. The van der Waals surface area contributed by atoms with Crippen LogP contribution < -0.4 is 15.0 Å². The number of carboxylic acids is 1. The lowest BCUT2D eigenvalue weighted by molar-refractivity contribution is -0.136. The van der Waals surface area contributed by atoms with E-state index in [4.69, 9.17) is 14.8 Å². The summed E-state index contributed by atoms with van der Waals surface area (Å²) < 4.78 is 5.79. The highest BCUT2D eigenvalue weighted by molar-refractivity contribution is 7.17. The van der Waals surface area contributed by atoms with Crippen LogP contribution in [0.5, 0.6) is 5.75 Å². The number of nitrogens with one attached hydrogen (secondary N) is 1. The molecule has 0 unspecified atom stereocenters. The molecule has 0 radical (unpaired) electrons. The Morgan fingerprint density at radius 2 is 1.77 bits per heavy atom. The number of rotatable bonds is 13. The summed E-state index contributed by atoms with van der Waals surface area (Å²) in [7, 11) is 0. The summed E-state index contributed by atoms with van der Waals surface area (Å²) in [5.41, 5.74) is 5.63. The molecule has 0 saturated carbocycles. The number of thiazole rings is 1. The maximum Gasteiger partial charge on any atom is 0.305 e. The van der Waals surface area contributed by atoms with Crippen LogP contribution in [0.25, 0.3) is 16.8 Å². The number of aromatic nitrogens is 1. The molecule has 7 nitrogen and oxygen atoms in total. The van der Waals surface area contributed by atoms with Crippen molar-refractivity contribution in [2.45, 2.75) is 39.2 Å². The number of hydrogen-bond donors (Lipinski definition) is 2. The number of hydrogen-bond acceptors (Lipinski definition) is 6. The molecule has 0 fully saturated rings. The molecule has 4 aromatic rings. The summed E-state index contributed by atoms with van der Waals surface area (Å²) in [6.45, 7) is 3.40. The molecule has 3 aromatic carbocycles. The van der Waals surface area contributed by atoms with Crippen LogP contribution >= 0.6 is 11.3 Å². The van der Waals surface area contributed by atoms with Crippen LogP contribution in [0.3, 0.4) is 0 Å². The number of ether oxygens (including phenoxy) is 1. The molecule has 0 spiro atoms. The molecule has 8 heteroatoms. The molecule has 2 N–H and O–H groups in total. The Labute approximate surface area is 256 Å². The average molecular weight is 594 g/mol. The zero-order valence-electron chi connectivity index (χ0n) is 24.2. The van der Waals surface area contributed by atoms with Gasteiger partial charge in [-0.15, -0.1) is 0 Å². The number of anilines is 2. The van der Waals surface area contributed by atoms with Crippen molar-refractivity contribution in [3.05, 3.63) is 113 Å². The minimum Gasteiger partial charge on any atom is -0.494 e. The van der Waals surface area contributed by atoms with Crippen LogP contribution in [-0.4, -0.2) is 35.1 Å². The first-order valence-electron chi connectivity index (χ1n) is 14.5. The van der Waals surface area contributed by atoms with Gasteiger partial charge in [0.2, 0.25) is 0 Å². The van der Waals surface area contributed by atoms with Gasteiger partial charge in [-0.2, -0.15) is 0 Å². The first-order valence-corrected chi connectivity index (χ1v) is 15.4. The first-order chi connectivity index (χ1) is 21.0. The summed E-state index contributed by atoms with van der Waals surface area (Å²) in [5, 5.41) is 12.4. The molecule has 0 aliphatic heterocycles. The van der Waals surface area contributed by atoms with Gasteiger partial charge >= 0.3 is 5.97 Å². The van der Waals surface area contributed by atoms with E-state index in [0.717, 1.165) is 57.5 Å². The van der Waals surface area contributed by atoms with Crippen molar-refractivity contribution in [1.82, 2.24) is 10.3 Å². The Morgan fingerprint density at radius 1 is 1.00 bits per heavy atom. The summed E-state index contributed by atoms with van der Waals surface area (Å²) in [6, 6.07) is 25.7. The molecule has 1 aliphatic rings. The molecular weight excluding hydrogens is 558 g/mol. The van der Waals surface area contributed by atoms with Gasteiger partial charge in [0, 0.05) is 23.4 Å². The lowest BCUT2D eigenvalue weighted by atomic mass is 10.0. The third-order valence-corrected chi connectivity index (χ3v) is 8.08. The van der Waals surface area contributed by atoms with E-state index < -0.39 is 5.97 Å². The zero-order chi connectivity index (χ0) is 30.0. The van der Waals surface area contributed by atoms with Crippen molar-refractivity contribution >= 4 is 39.6 Å². The third-order valence-electron chi connectivity index (χ3n) is 6.95. The number of nitrogens with zero attached hydrogens (tertiary/aromatic N) is 2. The van der Waals surface area contributed by atoms with E-state index in [2.05, 4.69) is 59.6 Å². The van der Waals surface area contributed by atoms with Crippen LogP contribution in [0.1, 0.15) is 53.4 Å². The molecule has 1 heterocycles. The van der Waals surface area contributed by atoms with Gasteiger partial charge in [-0.1, -0.05) is 79.0 Å². The Hall–Kier alpha value is -4.69. The SMILES string of the molecule is CCCOc1ccc(CN(c2ccc(C(=O)NCCC(=O)O)cc2)c2nc(-c3ccccc3)c(C3=CCCC=C3)s2)cc1. The second-order valence-electron chi connectivity index (χ2n) is 10.2. The van der Waals surface area contributed by atoms with Crippen molar-refractivity contribution in [2.75, 3.05) is 18.1 Å². The summed E-state index contributed by atoms with van der Waals surface area (Å²) in [4.78, 5) is 31.9. The Bertz CT molecular complexity index is 1590. The minimum atomic E-state index is -0.951. The average Bonchev–Trinajstić information content (AvgIpc) is 3.49.